The molecule has 1 N–H and O–H groups in total. The van der Waals surface area contributed by atoms with Crippen LogP contribution in [0.3, 0.4) is 0 Å². The van der Waals surface area contributed by atoms with Crippen molar-refractivity contribution >= 4 is 47.2 Å². The minimum atomic E-state index is -0.715. The first-order valence-electron chi connectivity index (χ1n) is 8.67. The second kappa shape index (κ2) is 9.80. The fourth-order valence-electron chi connectivity index (χ4n) is 2.33. The number of nitrogens with one attached hydrogen (secondary N) is 1. The first-order chi connectivity index (χ1) is 14.3. The first-order valence-corrected chi connectivity index (χ1v) is 10.2. The van der Waals surface area contributed by atoms with Gasteiger partial charge >= 0.3 is 0 Å². The summed E-state index contributed by atoms with van der Waals surface area (Å²) in [5, 5.41) is 9.10. The van der Waals surface area contributed by atoms with Crippen LogP contribution >= 0.6 is 35.0 Å². The number of hydrogen-bond acceptors (Lipinski definition) is 5. The average Bonchev–Trinajstić information content (AvgIpc) is 2.70. The second-order valence-electron chi connectivity index (χ2n) is 6.30. The van der Waals surface area contributed by atoms with E-state index in [4.69, 9.17) is 23.2 Å². The summed E-state index contributed by atoms with van der Waals surface area (Å²) in [6.45, 7) is 0. The smallest absolute Gasteiger partial charge is 0.295 e. The number of hydrazone groups is 1. The molecule has 0 radical (unpaired) electrons. The van der Waals surface area contributed by atoms with Crippen molar-refractivity contribution in [2.45, 2.75) is 9.79 Å². The molecule has 3 aromatic rings. The van der Waals surface area contributed by atoms with E-state index < -0.39 is 11.3 Å². The molecule has 10 heteroatoms. The number of nitrogens with zero attached hydrogens (tertiary/aromatic N) is 4. The Kier molecular flexibility index (Phi) is 7.15. The number of carbonyl (C=O) groups is 1. The van der Waals surface area contributed by atoms with Crippen molar-refractivity contribution in [3.05, 3.63) is 80.7 Å². The van der Waals surface area contributed by atoms with E-state index in [-0.39, 0.29) is 5.69 Å². The standard InChI is InChI=1S/C20H17Cl2N5O2S/c1-26(2)12-23-24-20(29)18-19(28)17(30-16-8-6-13(21)7-9-16)11-27(25-18)15-5-3-4-14(22)10-15/h3-12H,1-2H3,(H,24,29)/b23-12-. The van der Waals surface area contributed by atoms with Gasteiger partial charge in [-0.25, -0.2) is 10.1 Å². The Hall–Kier alpha value is -2.81. The molecule has 0 aliphatic rings. The molecular weight excluding hydrogens is 445 g/mol. The quantitative estimate of drug-likeness (QED) is 0.341. The zero-order valence-electron chi connectivity index (χ0n) is 16.0. The predicted molar refractivity (Wildman–Crippen MR) is 120 cm³/mol. The van der Waals surface area contributed by atoms with Crippen LogP contribution < -0.4 is 10.9 Å². The summed E-state index contributed by atoms with van der Waals surface area (Å²) >= 11 is 13.2. The number of halogens is 2. The van der Waals surface area contributed by atoms with E-state index in [2.05, 4.69) is 15.6 Å². The molecule has 30 heavy (non-hydrogen) atoms. The molecule has 0 aliphatic heterocycles. The zero-order valence-corrected chi connectivity index (χ0v) is 18.4. The number of aromatic nitrogens is 2. The largest absolute Gasteiger partial charge is 0.367 e. The Bertz CT molecular complexity index is 1150. The second-order valence-corrected chi connectivity index (χ2v) is 8.29. The van der Waals surface area contributed by atoms with Crippen LogP contribution in [0, 0.1) is 0 Å². The Morgan fingerprint density at radius 1 is 1.17 bits per heavy atom. The Morgan fingerprint density at radius 3 is 2.57 bits per heavy atom. The maximum absolute atomic E-state index is 13.0. The summed E-state index contributed by atoms with van der Waals surface area (Å²) in [7, 11) is 3.51. The number of rotatable bonds is 6. The van der Waals surface area contributed by atoms with Crippen molar-refractivity contribution < 1.29 is 4.79 Å². The van der Waals surface area contributed by atoms with Gasteiger partial charge in [-0.15, -0.1) is 0 Å². The van der Waals surface area contributed by atoms with E-state index in [1.807, 2.05) is 0 Å². The van der Waals surface area contributed by atoms with E-state index in [1.165, 1.54) is 22.8 Å². The van der Waals surface area contributed by atoms with Crippen molar-refractivity contribution in [1.82, 2.24) is 20.1 Å². The molecule has 2 aromatic carbocycles. The lowest BCUT2D eigenvalue weighted by molar-refractivity contribution is 0.0946. The summed E-state index contributed by atoms with van der Waals surface area (Å²) in [5.74, 6) is -0.715. The molecule has 3 rings (SSSR count). The highest BCUT2D eigenvalue weighted by Crippen LogP contribution is 2.27. The maximum atomic E-state index is 13.0. The fourth-order valence-corrected chi connectivity index (χ4v) is 3.50. The molecule has 7 nitrogen and oxygen atoms in total. The lowest BCUT2D eigenvalue weighted by Crippen LogP contribution is -2.30. The molecule has 0 atom stereocenters. The molecule has 0 spiro atoms. The lowest BCUT2D eigenvalue weighted by Gasteiger charge is -2.11. The minimum absolute atomic E-state index is 0.287. The fraction of sp³-hybridized carbons (Fsp3) is 0.100. The van der Waals surface area contributed by atoms with Gasteiger partial charge in [0.05, 0.1) is 10.6 Å². The van der Waals surface area contributed by atoms with Crippen LogP contribution in [0.4, 0.5) is 0 Å². The van der Waals surface area contributed by atoms with Gasteiger partial charge < -0.3 is 4.90 Å². The third-order valence-electron chi connectivity index (χ3n) is 3.67. The van der Waals surface area contributed by atoms with Gasteiger partial charge in [0, 0.05) is 35.2 Å². The Morgan fingerprint density at radius 2 is 1.90 bits per heavy atom. The number of amides is 1. The normalized spacial score (nSPS) is 10.9. The van der Waals surface area contributed by atoms with Crippen molar-refractivity contribution in [3.8, 4) is 5.69 Å². The third kappa shape index (κ3) is 5.63. The monoisotopic (exact) mass is 461 g/mol. The van der Waals surface area contributed by atoms with Gasteiger partial charge in [-0.3, -0.25) is 9.59 Å². The summed E-state index contributed by atoms with van der Waals surface area (Å²) in [5.41, 5.74) is 2.13. The zero-order chi connectivity index (χ0) is 21.7. The van der Waals surface area contributed by atoms with Gasteiger partial charge in [-0.1, -0.05) is 41.0 Å². The minimum Gasteiger partial charge on any atom is -0.367 e. The highest BCUT2D eigenvalue weighted by Gasteiger charge is 2.18. The predicted octanol–water partition coefficient (Wildman–Crippen LogP) is 3.93. The SMILES string of the molecule is CN(C)/C=N\NC(=O)c1nn(-c2cccc(Cl)c2)cc(Sc2ccc(Cl)cc2)c1=O. The van der Waals surface area contributed by atoms with Crippen LogP contribution in [0.1, 0.15) is 10.5 Å². The van der Waals surface area contributed by atoms with Crippen LogP contribution in [0.15, 0.2) is 74.4 Å². The number of carbonyl (C=O) groups excluding carboxylic acids is 1. The van der Waals surface area contributed by atoms with E-state index >= 15 is 0 Å². The van der Waals surface area contributed by atoms with Crippen LogP contribution in [-0.4, -0.2) is 41.0 Å². The van der Waals surface area contributed by atoms with Crippen LogP contribution in [-0.2, 0) is 0 Å². The van der Waals surface area contributed by atoms with E-state index in [0.717, 1.165) is 4.90 Å². The van der Waals surface area contributed by atoms with Crippen LogP contribution in [0.5, 0.6) is 0 Å². The summed E-state index contributed by atoms with van der Waals surface area (Å²) in [6, 6.07) is 14.0. The van der Waals surface area contributed by atoms with Gasteiger partial charge in [-0.2, -0.15) is 10.2 Å². The van der Waals surface area contributed by atoms with Gasteiger partial charge in [0.25, 0.3) is 5.91 Å². The van der Waals surface area contributed by atoms with Crippen molar-refractivity contribution in [1.29, 1.82) is 0 Å². The van der Waals surface area contributed by atoms with Crippen LogP contribution in [0.2, 0.25) is 10.0 Å². The molecule has 1 heterocycles. The van der Waals surface area contributed by atoms with Crippen molar-refractivity contribution in [2.24, 2.45) is 5.10 Å². The van der Waals surface area contributed by atoms with Gasteiger partial charge in [0.2, 0.25) is 5.43 Å². The highest BCUT2D eigenvalue weighted by atomic mass is 35.5. The molecule has 1 aromatic heterocycles. The molecule has 0 fully saturated rings. The molecule has 154 valence electrons. The lowest BCUT2D eigenvalue weighted by atomic mass is 10.3. The average molecular weight is 462 g/mol. The van der Waals surface area contributed by atoms with E-state index in [0.29, 0.717) is 20.6 Å². The highest BCUT2D eigenvalue weighted by molar-refractivity contribution is 7.99. The first kappa shape index (κ1) is 21.9. The summed E-state index contributed by atoms with van der Waals surface area (Å²) in [6.07, 6.45) is 2.97. The molecule has 0 saturated carbocycles. The molecule has 1 amide bonds. The van der Waals surface area contributed by atoms with E-state index in [9.17, 15) is 9.59 Å². The number of hydrogen-bond donors (Lipinski definition) is 1. The van der Waals surface area contributed by atoms with Gasteiger partial charge in [-0.05, 0) is 42.5 Å². The number of benzene rings is 2. The third-order valence-corrected chi connectivity index (χ3v) is 5.18. The van der Waals surface area contributed by atoms with Crippen LogP contribution in [0.25, 0.3) is 5.69 Å². The topological polar surface area (TPSA) is 79.6 Å². The summed E-state index contributed by atoms with van der Waals surface area (Å²) < 4.78 is 1.44. The van der Waals surface area contributed by atoms with Gasteiger partial charge in [0.1, 0.15) is 6.34 Å². The molecule has 0 bridgehead atoms. The van der Waals surface area contributed by atoms with Gasteiger partial charge in [0.15, 0.2) is 5.69 Å². The Balaban J connectivity index is 2.06. The Labute approximate surface area is 187 Å². The molecule has 0 aliphatic carbocycles. The van der Waals surface area contributed by atoms with Crippen molar-refractivity contribution in [3.63, 3.8) is 0 Å². The van der Waals surface area contributed by atoms with Crippen molar-refractivity contribution in [2.75, 3.05) is 14.1 Å². The summed E-state index contributed by atoms with van der Waals surface area (Å²) in [4.78, 5) is 28.3. The molecular formula is C20H17Cl2N5O2S. The van der Waals surface area contributed by atoms with E-state index in [1.54, 1.807) is 73.7 Å². The molecule has 0 saturated heterocycles. The maximum Gasteiger partial charge on any atom is 0.295 e. The molecule has 0 unspecified atom stereocenters.